The number of anilines is 1. The van der Waals surface area contributed by atoms with Crippen molar-refractivity contribution in [2.75, 3.05) is 18.0 Å². The van der Waals surface area contributed by atoms with Crippen LogP contribution in [-0.4, -0.2) is 24.2 Å². The van der Waals surface area contributed by atoms with Gasteiger partial charge >= 0.3 is 5.97 Å². The van der Waals surface area contributed by atoms with Crippen molar-refractivity contribution in [3.8, 4) is 0 Å². The van der Waals surface area contributed by atoms with Crippen LogP contribution in [0.4, 0.5) is 5.69 Å². The molecule has 2 aromatic rings. The number of nitrogens with zero attached hydrogens (tertiary/aromatic N) is 1. The average Bonchev–Trinajstić information content (AvgIpc) is 2.50. The van der Waals surface area contributed by atoms with E-state index in [1.807, 2.05) is 18.2 Å². The van der Waals surface area contributed by atoms with E-state index in [1.54, 1.807) is 6.92 Å². The fourth-order valence-electron chi connectivity index (χ4n) is 2.62. The monoisotopic (exact) mass is 299 g/mol. The van der Waals surface area contributed by atoms with E-state index in [1.165, 1.54) is 10.8 Å². The van der Waals surface area contributed by atoms with Crippen LogP contribution in [0.3, 0.4) is 0 Å². The fraction of sp³-hybridized carbons (Fsp3) is 0.421. The highest BCUT2D eigenvalue weighted by Crippen LogP contribution is 2.28. The Kier molecular flexibility index (Phi) is 5.42. The van der Waals surface area contributed by atoms with Crippen molar-refractivity contribution < 1.29 is 9.90 Å². The molecule has 0 aliphatic heterocycles. The van der Waals surface area contributed by atoms with Crippen LogP contribution in [0, 0.1) is 11.8 Å². The molecule has 0 spiro atoms. The minimum absolute atomic E-state index is 0.383. The van der Waals surface area contributed by atoms with Gasteiger partial charge in [-0.3, -0.25) is 4.79 Å². The molecule has 0 amide bonds. The third-order valence-electron chi connectivity index (χ3n) is 4.00. The lowest BCUT2D eigenvalue weighted by Gasteiger charge is -2.28. The van der Waals surface area contributed by atoms with Crippen molar-refractivity contribution in [2.45, 2.75) is 27.2 Å². The van der Waals surface area contributed by atoms with Gasteiger partial charge in [0.15, 0.2) is 0 Å². The normalized spacial score (nSPS) is 12.5. The molecule has 1 atom stereocenters. The number of hydrogen-bond donors (Lipinski definition) is 1. The molecule has 0 saturated carbocycles. The first-order chi connectivity index (χ1) is 10.5. The summed E-state index contributed by atoms with van der Waals surface area (Å²) in [5, 5.41) is 11.6. The van der Waals surface area contributed by atoms with Gasteiger partial charge in [0, 0.05) is 24.2 Å². The largest absolute Gasteiger partial charge is 0.481 e. The summed E-state index contributed by atoms with van der Waals surface area (Å²) in [4.78, 5) is 13.5. The SMILES string of the molecule is CC(C)CCN(CC(C)C(=O)O)c1cccc2ccccc12. The molecule has 0 aromatic heterocycles. The summed E-state index contributed by atoms with van der Waals surface area (Å²) < 4.78 is 0. The van der Waals surface area contributed by atoms with Crippen molar-refractivity contribution in [1.29, 1.82) is 0 Å². The molecule has 0 aliphatic rings. The maximum Gasteiger partial charge on any atom is 0.308 e. The van der Waals surface area contributed by atoms with Crippen LogP contribution >= 0.6 is 0 Å². The van der Waals surface area contributed by atoms with Crippen molar-refractivity contribution in [3.05, 3.63) is 42.5 Å². The molecule has 0 bridgehead atoms. The smallest absolute Gasteiger partial charge is 0.308 e. The number of carboxylic acids is 1. The molecule has 1 N–H and O–H groups in total. The Labute approximate surface area is 132 Å². The summed E-state index contributed by atoms with van der Waals surface area (Å²) >= 11 is 0. The fourth-order valence-corrected chi connectivity index (χ4v) is 2.62. The Hall–Kier alpha value is -2.03. The molecule has 3 nitrogen and oxygen atoms in total. The highest BCUT2D eigenvalue weighted by molar-refractivity contribution is 5.94. The number of fused-ring (bicyclic) bond motifs is 1. The number of rotatable bonds is 7. The second kappa shape index (κ2) is 7.30. The Morgan fingerprint density at radius 2 is 1.77 bits per heavy atom. The standard InChI is InChI=1S/C19H25NO2/c1-14(2)11-12-20(13-15(3)19(21)22)18-10-6-8-16-7-4-5-9-17(16)18/h4-10,14-15H,11-13H2,1-3H3,(H,21,22). The highest BCUT2D eigenvalue weighted by atomic mass is 16.4. The minimum atomic E-state index is -0.741. The Balaban J connectivity index is 2.35. The van der Waals surface area contributed by atoms with Crippen molar-refractivity contribution >= 4 is 22.4 Å². The van der Waals surface area contributed by atoms with Crippen LogP contribution in [0.25, 0.3) is 10.8 Å². The number of benzene rings is 2. The Bertz CT molecular complexity index is 631. The predicted molar refractivity (Wildman–Crippen MR) is 92.4 cm³/mol. The molecule has 0 aliphatic carbocycles. The lowest BCUT2D eigenvalue weighted by molar-refractivity contribution is -0.140. The first kappa shape index (κ1) is 16.3. The first-order valence-electron chi connectivity index (χ1n) is 7.94. The molecule has 0 saturated heterocycles. The molecular formula is C19H25NO2. The molecule has 0 radical (unpaired) electrons. The van der Waals surface area contributed by atoms with Crippen LogP contribution in [0.2, 0.25) is 0 Å². The molecule has 3 heteroatoms. The zero-order valence-electron chi connectivity index (χ0n) is 13.6. The Morgan fingerprint density at radius 1 is 1.09 bits per heavy atom. The second-order valence-electron chi connectivity index (χ2n) is 6.37. The van der Waals surface area contributed by atoms with E-state index in [4.69, 9.17) is 0 Å². The molecule has 0 heterocycles. The third-order valence-corrected chi connectivity index (χ3v) is 4.00. The van der Waals surface area contributed by atoms with Crippen LogP contribution in [0.5, 0.6) is 0 Å². The minimum Gasteiger partial charge on any atom is -0.481 e. The maximum atomic E-state index is 11.2. The first-order valence-corrected chi connectivity index (χ1v) is 7.94. The molecular weight excluding hydrogens is 274 g/mol. The van der Waals surface area contributed by atoms with Gasteiger partial charge in [-0.1, -0.05) is 57.2 Å². The van der Waals surface area contributed by atoms with Gasteiger partial charge in [0.05, 0.1) is 5.92 Å². The molecule has 118 valence electrons. The number of aliphatic carboxylic acids is 1. The van der Waals surface area contributed by atoms with Crippen LogP contribution in [0.1, 0.15) is 27.2 Å². The molecule has 2 rings (SSSR count). The number of hydrogen-bond acceptors (Lipinski definition) is 2. The average molecular weight is 299 g/mol. The Morgan fingerprint density at radius 3 is 2.45 bits per heavy atom. The zero-order chi connectivity index (χ0) is 16.1. The second-order valence-corrected chi connectivity index (χ2v) is 6.37. The summed E-state index contributed by atoms with van der Waals surface area (Å²) in [6.45, 7) is 7.58. The van der Waals surface area contributed by atoms with E-state index in [-0.39, 0.29) is 5.92 Å². The van der Waals surface area contributed by atoms with E-state index in [0.29, 0.717) is 12.5 Å². The van der Waals surface area contributed by atoms with Crippen LogP contribution < -0.4 is 4.90 Å². The lowest BCUT2D eigenvalue weighted by atomic mass is 10.0. The summed E-state index contributed by atoms with van der Waals surface area (Å²) in [5.41, 5.74) is 1.13. The molecule has 2 aromatic carbocycles. The van der Waals surface area contributed by atoms with Gasteiger partial charge in [0.25, 0.3) is 0 Å². The van der Waals surface area contributed by atoms with E-state index in [9.17, 15) is 9.90 Å². The van der Waals surface area contributed by atoms with E-state index < -0.39 is 5.97 Å². The van der Waals surface area contributed by atoms with E-state index in [0.717, 1.165) is 18.7 Å². The van der Waals surface area contributed by atoms with Gasteiger partial charge in [-0.05, 0) is 23.8 Å². The maximum absolute atomic E-state index is 11.2. The summed E-state index contributed by atoms with van der Waals surface area (Å²) in [5.74, 6) is -0.529. The van der Waals surface area contributed by atoms with Crippen molar-refractivity contribution in [1.82, 2.24) is 0 Å². The van der Waals surface area contributed by atoms with Gasteiger partial charge in [-0.25, -0.2) is 0 Å². The van der Waals surface area contributed by atoms with E-state index in [2.05, 4.69) is 43.0 Å². The quantitative estimate of drug-likeness (QED) is 0.823. The zero-order valence-corrected chi connectivity index (χ0v) is 13.6. The predicted octanol–water partition coefficient (Wildman–Crippen LogP) is 4.41. The summed E-state index contributed by atoms with van der Waals surface area (Å²) in [6.07, 6.45) is 1.05. The summed E-state index contributed by atoms with van der Waals surface area (Å²) in [7, 11) is 0. The third kappa shape index (κ3) is 4.00. The molecule has 0 fully saturated rings. The van der Waals surface area contributed by atoms with Gasteiger partial charge in [-0.15, -0.1) is 0 Å². The van der Waals surface area contributed by atoms with Gasteiger partial charge < -0.3 is 10.0 Å². The number of carbonyl (C=O) groups is 1. The molecule has 22 heavy (non-hydrogen) atoms. The van der Waals surface area contributed by atoms with Crippen molar-refractivity contribution in [3.63, 3.8) is 0 Å². The van der Waals surface area contributed by atoms with Crippen molar-refractivity contribution in [2.24, 2.45) is 11.8 Å². The van der Waals surface area contributed by atoms with Crippen LogP contribution in [-0.2, 0) is 4.79 Å². The van der Waals surface area contributed by atoms with Gasteiger partial charge in [-0.2, -0.15) is 0 Å². The highest BCUT2D eigenvalue weighted by Gasteiger charge is 2.18. The lowest BCUT2D eigenvalue weighted by Crippen LogP contribution is -2.33. The van der Waals surface area contributed by atoms with E-state index >= 15 is 0 Å². The van der Waals surface area contributed by atoms with Crippen LogP contribution in [0.15, 0.2) is 42.5 Å². The molecule has 1 unspecified atom stereocenters. The topological polar surface area (TPSA) is 40.5 Å². The van der Waals surface area contributed by atoms with Gasteiger partial charge in [0.2, 0.25) is 0 Å². The van der Waals surface area contributed by atoms with Gasteiger partial charge in [0.1, 0.15) is 0 Å². The number of carboxylic acid groups (broad SMARTS) is 1. The summed E-state index contributed by atoms with van der Waals surface area (Å²) in [6, 6.07) is 14.5.